The summed E-state index contributed by atoms with van der Waals surface area (Å²) in [6.45, 7) is 5.09. The van der Waals surface area contributed by atoms with E-state index in [4.69, 9.17) is 9.47 Å². The molecular formula is C19H28N2O4. The molecule has 0 aliphatic carbocycles. The first-order valence-corrected chi connectivity index (χ1v) is 8.74. The summed E-state index contributed by atoms with van der Waals surface area (Å²) in [7, 11) is 4.99. The molecule has 1 saturated heterocycles. The molecule has 2 atom stereocenters. The van der Waals surface area contributed by atoms with E-state index in [0.29, 0.717) is 37.4 Å². The molecule has 0 bridgehead atoms. The van der Waals surface area contributed by atoms with Crippen molar-refractivity contribution >= 4 is 11.8 Å². The van der Waals surface area contributed by atoms with Crippen molar-refractivity contribution in [3.63, 3.8) is 0 Å². The minimum absolute atomic E-state index is 0.0660. The molecule has 1 fully saturated rings. The van der Waals surface area contributed by atoms with Gasteiger partial charge in [-0.1, -0.05) is 0 Å². The van der Waals surface area contributed by atoms with E-state index in [9.17, 15) is 9.59 Å². The highest BCUT2D eigenvalue weighted by atomic mass is 16.5. The number of ether oxygens (including phenoxy) is 2. The summed E-state index contributed by atoms with van der Waals surface area (Å²) >= 11 is 0. The predicted molar refractivity (Wildman–Crippen MR) is 95.7 cm³/mol. The zero-order valence-electron chi connectivity index (χ0n) is 15.7. The number of amides is 2. The first kappa shape index (κ1) is 19.1. The van der Waals surface area contributed by atoms with Crippen LogP contribution in [-0.2, 0) is 9.59 Å². The Morgan fingerprint density at radius 2 is 2.00 bits per heavy atom. The van der Waals surface area contributed by atoms with Crippen LogP contribution in [0, 0.1) is 5.92 Å². The van der Waals surface area contributed by atoms with E-state index in [-0.39, 0.29) is 23.8 Å². The summed E-state index contributed by atoms with van der Waals surface area (Å²) < 4.78 is 10.8. The van der Waals surface area contributed by atoms with E-state index in [2.05, 4.69) is 0 Å². The summed E-state index contributed by atoms with van der Waals surface area (Å²) in [6.07, 6.45) is 0.953. The first-order valence-electron chi connectivity index (χ1n) is 8.74. The van der Waals surface area contributed by atoms with Gasteiger partial charge in [0.05, 0.1) is 26.2 Å². The number of hydrogen-bond acceptors (Lipinski definition) is 4. The molecule has 1 aliphatic rings. The number of nitrogens with zero attached hydrogens (tertiary/aromatic N) is 2. The molecule has 6 heteroatoms. The van der Waals surface area contributed by atoms with Crippen molar-refractivity contribution in [2.45, 2.75) is 32.7 Å². The van der Waals surface area contributed by atoms with Gasteiger partial charge in [-0.05, 0) is 32.4 Å². The monoisotopic (exact) mass is 348 g/mol. The fraction of sp³-hybridized carbons (Fsp3) is 0.579. The molecule has 0 aromatic heterocycles. The van der Waals surface area contributed by atoms with E-state index >= 15 is 0 Å². The van der Waals surface area contributed by atoms with Gasteiger partial charge in [-0.25, -0.2) is 0 Å². The van der Waals surface area contributed by atoms with Crippen molar-refractivity contribution in [2.24, 2.45) is 5.92 Å². The Morgan fingerprint density at radius 1 is 1.28 bits per heavy atom. The average molecular weight is 348 g/mol. The van der Waals surface area contributed by atoms with Crippen molar-refractivity contribution in [1.29, 1.82) is 0 Å². The van der Waals surface area contributed by atoms with Crippen molar-refractivity contribution in [3.8, 4) is 11.5 Å². The maximum Gasteiger partial charge on any atom is 0.227 e. The third-order valence-corrected chi connectivity index (χ3v) is 4.97. The Kier molecular flexibility index (Phi) is 6.28. The Balaban J connectivity index is 2.52. The number of carbonyl (C=O) groups excluding carboxylic acids is 2. The largest absolute Gasteiger partial charge is 0.497 e. The minimum atomic E-state index is -0.325. The van der Waals surface area contributed by atoms with Crippen molar-refractivity contribution in [3.05, 3.63) is 23.8 Å². The van der Waals surface area contributed by atoms with Crippen LogP contribution in [0.4, 0.5) is 0 Å². The van der Waals surface area contributed by atoms with Gasteiger partial charge in [-0.15, -0.1) is 0 Å². The Morgan fingerprint density at radius 3 is 2.56 bits per heavy atom. The smallest absolute Gasteiger partial charge is 0.227 e. The molecule has 2 rings (SSSR count). The fourth-order valence-electron chi connectivity index (χ4n) is 3.47. The molecule has 138 valence electrons. The molecule has 2 amide bonds. The van der Waals surface area contributed by atoms with Crippen LogP contribution >= 0.6 is 0 Å². The zero-order valence-corrected chi connectivity index (χ0v) is 15.7. The lowest BCUT2D eigenvalue weighted by Crippen LogP contribution is -2.48. The summed E-state index contributed by atoms with van der Waals surface area (Å²) in [5, 5.41) is 0. The minimum Gasteiger partial charge on any atom is -0.497 e. The summed E-state index contributed by atoms with van der Waals surface area (Å²) in [6, 6.07) is 5.22. The van der Waals surface area contributed by atoms with E-state index in [1.807, 2.05) is 26.0 Å². The first-order chi connectivity index (χ1) is 12.0. The molecule has 25 heavy (non-hydrogen) atoms. The maximum atomic E-state index is 12.9. The molecule has 0 unspecified atom stereocenters. The van der Waals surface area contributed by atoms with Crippen LogP contribution in [0.25, 0.3) is 0 Å². The van der Waals surface area contributed by atoms with Gasteiger partial charge in [0.25, 0.3) is 0 Å². The van der Waals surface area contributed by atoms with Gasteiger partial charge in [-0.3, -0.25) is 9.59 Å². The topological polar surface area (TPSA) is 59.1 Å². The fourth-order valence-corrected chi connectivity index (χ4v) is 3.47. The number of benzene rings is 1. The second-order valence-electron chi connectivity index (χ2n) is 6.23. The van der Waals surface area contributed by atoms with Crippen LogP contribution in [0.15, 0.2) is 18.2 Å². The summed E-state index contributed by atoms with van der Waals surface area (Å²) in [5.74, 6) is 1.18. The molecule has 0 spiro atoms. The average Bonchev–Trinajstić information content (AvgIpc) is 2.65. The second kappa shape index (κ2) is 8.23. The molecule has 0 N–H and O–H groups in total. The molecule has 6 nitrogen and oxygen atoms in total. The number of hydrogen-bond donors (Lipinski definition) is 0. The molecule has 0 saturated carbocycles. The number of methoxy groups -OCH3 is 2. The van der Waals surface area contributed by atoms with E-state index < -0.39 is 0 Å². The van der Waals surface area contributed by atoms with Gasteiger partial charge in [-0.2, -0.15) is 0 Å². The van der Waals surface area contributed by atoms with E-state index in [1.165, 1.54) is 0 Å². The third-order valence-electron chi connectivity index (χ3n) is 4.97. The summed E-state index contributed by atoms with van der Waals surface area (Å²) in [4.78, 5) is 28.9. The summed E-state index contributed by atoms with van der Waals surface area (Å²) in [5.41, 5.74) is 0.848. The van der Waals surface area contributed by atoms with E-state index in [1.54, 1.807) is 37.1 Å². The maximum absolute atomic E-state index is 12.9. The lowest BCUT2D eigenvalue weighted by atomic mass is 9.82. The highest BCUT2D eigenvalue weighted by molar-refractivity contribution is 5.85. The quantitative estimate of drug-likeness (QED) is 0.792. The number of likely N-dealkylation sites (tertiary alicyclic amines) is 1. The van der Waals surface area contributed by atoms with Crippen LogP contribution in [0.3, 0.4) is 0 Å². The molecular weight excluding hydrogens is 320 g/mol. The molecule has 1 aromatic carbocycles. The lowest BCUT2D eigenvalue weighted by Gasteiger charge is -2.41. The molecule has 0 radical (unpaired) electrons. The Labute approximate surface area is 149 Å². The highest BCUT2D eigenvalue weighted by Gasteiger charge is 2.42. The normalized spacial score (nSPS) is 20.4. The van der Waals surface area contributed by atoms with Crippen molar-refractivity contribution in [2.75, 3.05) is 34.4 Å². The Hall–Kier alpha value is -2.24. The van der Waals surface area contributed by atoms with Crippen LogP contribution < -0.4 is 9.47 Å². The number of carbonyl (C=O) groups is 2. The molecule has 1 aliphatic heterocycles. The van der Waals surface area contributed by atoms with Gasteiger partial charge >= 0.3 is 0 Å². The predicted octanol–water partition coefficient (Wildman–Crippen LogP) is 2.48. The van der Waals surface area contributed by atoms with Gasteiger partial charge in [0.2, 0.25) is 11.8 Å². The van der Waals surface area contributed by atoms with Crippen LogP contribution in [0.5, 0.6) is 11.5 Å². The van der Waals surface area contributed by atoms with Gasteiger partial charge in [0, 0.05) is 38.2 Å². The van der Waals surface area contributed by atoms with Crippen LogP contribution in [-0.4, -0.2) is 56.0 Å². The molecule has 1 heterocycles. The van der Waals surface area contributed by atoms with Gasteiger partial charge < -0.3 is 19.3 Å². The Bertz CT molecular complexity index is 632. The van der Waals surface area contributed by atoms with Crippen LogP contribution in [0.1, 0.15) is 38.3 Å². The number of piperidine rings is 1. The lowest BCUT2D eigenvalue weighted by molar-refractivity contribution is -0.147. The van der Waals surface area contributed by atoms with Gasteiger partial charge in [0.1, 0.15) is 11.5 Å². The zero-order chi connectivity index (χ0) is 18.6. The second-order valence-corrected chi connectivity index (χ2v) is 6.23. The number of rotatable bonds is 6. The highest BCUT2D eigenvalue weighted by Crippen LogP contribution is 2.42. The third kappa shape index (κ3) is 3.72. The van der Waals surface area contributed by atoms with Crippen molar-refractivity contribution < 1.29 is 19.1 Å². The van der Waals surface area contributed by atoms with Crippen molar-refractivity contribution in [1.82, 2.24) is 9.80 Å². The standard InChI is InChI=1S/C19H28N2O4/c1-6-20(3)19(23)15-10-11-17(22)21(7-2)18(15)14-9-8-13(24-4)12-16(14)25-5/h8-9,12,15,18H,6-7,10-11H2,1-5H3/t15-,18+/m1/s1. The van der Waals surface area contributed by atoms with E-state index in [0.717, 1.165) is 5.56 Å². The molecule has 1 aromatic rings. The van der Waals surface area contributed by atoms with Crippen LogP contribution in [0.2, 0.25) is 0 Å². The SMILES string of the molecule is CCN(C)C(=O)[C@@H]1CCC(=O)N(CC)[C@H]1c1ccc(OC)cc1OC. The van der Waals surface area contributed by atoms with Gasteiger partial charge in [0.15, 0.2) is 0 Å².